The molecule has 0 aliphatic carbocycles. The van der Waals surface area contributed by atoms with Crippen molar-refractivity contribution in [2.75, 3.05) is 4.90 Å². The fraction of sp³-hybridized carbons (Fsp3) is 0.217. The van der Waals surface area contributed by atoms with E-state index in [9.17, 15) is 14.4 Å². The first-order chi connectivity index (χ1) is 14.8. The summed E-state index contributed by atoms with van der Waals surface area (Å²) in [6.07, 6.45) is -0.0622. The Balaban J connectivity index is 1.56. The van der Waals surface area contributed by atoms with Crippen LogP contribution in [0.2, 0.25) is 0 Å². The number of hydrogen-bond acceptors (Lipinski definition) is 5. The zero-order valence-electron chi connectivity index (χ0n) is 17.3. The maximum Gasteiger partial charge on any atom is 0.325 e. The number of amides is 2. The first kappa shape index (κ1) is 19.0. The zero-order valence-corrected chi connectivity index (χ0v) is 17.3. The third kappa shape index (κ3) is 2.99. The van der Waals surface area contributed by atoms with Crippen molar-refractivity contribution in [2.45, 2.75) is 33.1 Å². The van der Waals surface area contributed by atoms with E-state index in [2.05, 4.69) is 10.1 Å². The summed E-state index contributed by atoms with van der Waals surface area (Å²) in [7, 11) is 0. The summed E-state index contributed by atoms with van der Waals surface area (Å²) < 4.78 is 6.87. The number of carbonyl (C=O) groups excluding carboxylic acids is 2. The van der Waals surface area contributed by atoms with Crippen LogP contribution in [0.25, 0.3) is 17.1 Å². The highest BCUT2D eigenvalue weighted by molar-refractivity contribution is 6.22. The Bertz CT molecular complexity index is 1370. The number of anilines is 1. The monoisotopic (exact) mass is 416 g/mol. The van der Waals surface area contributed by atoms with Crippen molar-refractivity contribution < 1.29 is 14.0 Å². The van der Waals surface area contributed by atoms with Crippen molar-refractivity contribution in [3.05, 3.63) is 75.2 Å². The largest absolute Gasteiger partial charge is 0.422 e. The molecule has 5 rings (SSSR count). The number of aromatic amines is 1. The lowest BCUT2D eigenvalue weighted by molar-refractivity contribution is -0.121. The van der Waals surface area contributed by atoms with Gasteiger partial charge in [0.2, 0.25) is 11.8 Å². The molecule has 8 nitrogen and oxygen atoms in total. The molecule has 1 atom stereocenters. The third-order valence-corrected chi connectivity index (χ3v) is 5.55. The van der Waals surface area contributed by atoms with Gasteiger partial charge in [-0.1, -0.05) is 18.2 Å². The number of hydrogen-bond donors (Lipinski definition) is 1. The number of nitrogens with one attached hydrogen (secondary N) is 1. The third-order valence-electron chi connectivity index (χ3n) is 5.55. The van der Waals surface area contributed by atoms with Gasteiger partial charge in [0, 0.05) is 12.1 Å². The van der Waals surface area contributed by atoms with E-state index in [4.69, 9.17) is 4.42 Å². The van der Waals surface area contributed by atoms with Gasteiger partial charge in [0.15, 0.2) is 5.58 Å². The van der Waals surface area contributed by atoms with Gasteiger partial charge < -0.3 is 4.42 Å². The van der Waals surface area contributed by atoms with E-state index in [1.165, 1.54) is 9.58 Å². The molecule has 2 aromatic heterocycles. The Labute approximate surface area is 177 Å². The summed E-state index contributed by atoms with van der Waals surface area (Å²) >= 11 is 0. The lowest BCUT2D eigenvalue weighted by atomic mass is 9.98. The van der Waals surface area contributed by atoms with Crippen molar-refractivity contribution in [1.29, 1.82) is 0 Å². The van der Waals surface area contributed by atoms with E-state index in [0.717, 1.165) is 11.1 Å². The topological polar surface area (TPSA) is 101 Å². The predicted octanol–water partition coefficient (Wildman–Crippen LogP) is 3.28. The number of fused-ring (bicyclic) bond motifs is 1. The highest BCUT2D eigenvalue weighted by Crippen LogP contribution is 2.34. The molecule has 1 N–H and O–H groups in total. The van der Waals surface area contributed by atoms with E-state index >= 15 is 0 Å². The summed E-state index contributed by atoms with van der Waals surface area (Å²) in [5.74, 6) is -1.59. The van der Waals surface area contributed by atoms with Gasteiger partial charge >= 0.3 is 6.01 Å². The van der Waals surface area contributed by atoms with Crippen LogP contribution in [0.3, 0.4) is 0 Å². The van der Waals surface area contributed by atoms with E-state index in [-0.39, 0.29) is 23.9 Å². The molecule has 1 aliphatic rings. The second kappa shape index (κ2) is 6.80. The van der Waals surface area contributed by atoms with Crippen LogP contribution in [0.1, 0.15) is 34.7 Å². The summed E-state index contributed by atoms with van der Waals surface area (Å²) in [4.78, 5) is 44.7. The van der Waals surface area contributed by atoms with Gasteiger partial charge in [0.1, 0.15) is 5.52 Å². The maximum absolute atomic E-state index is 13.2. The van der Waals surface area contributed by atoms with Gasteiger partial charge in [0.25, 0.3) is 5.56 Å². The minimum absolute atomic E-state index is 0.0622. The van der Waals surface area contributed by atoms with E-state index in [0.29, 0.717) is 22.5 Å². The van der Waals surface area contributed by atoms with Gasteiger partial charge in [-0.05, 0) is 56.2 Å². The summed E-state index contributed by atoms with van der Waals surface area (Å²) in [6, 6.07) is 12.8. The van der Waals surface area contributed by atoms with Crippen molar-refractivity contribution in [2.24, 2.45) is 0 Å². The van der Waals surface area contributed by atoms with Crippen LogP contribution in [0.5, 0.6) is 0 Å². The summed E-state index contributed by atoms with van der Waals surface area (Å²) in [6.45, 7) is 5.52. The molecule has 0 saturated carbocycles. The van der Waals surface area contributed by atoms with Crippen LogP contribution < -0.4 is 10.5 Å². The first-order valence-electron chi connectivity index (χ1n) is 9.96. The summed E-state index contributed by atoms with van der Waals surface area (Å²) in [5, 5.41) is 2.94. The molecule has 2 amide bonds. The number of aromatic nitrogens is 3. The molecule has 1 saturated heterocycles. The highest BCUT2D eigenvalue weighted by Gasteiger charge is 2.43. The molecule has 0 radical (unpaired) electrons. The van der Waals surface area contributed by atoms with Crippen LogP contribution in [-0.4, -0.2) is 26.6 Å². The van der Waals surface area contributed by atoms with Gasteiger partial charge in [-0.3, -0.25) is 19.5 Å². The first-order valence-corrected chi connectivity index (χ1v) is 9.96. The lowest BCUT2D eigenvalue weighted by Gasteiger charge is -2.16. The van der Waals surface area contributed by atoms with Crippen LogP contribution in [0.15, 0.2) is 51.7 Å². The smallest absolute Gasteiger partial charge is 0.325 e. The van der Waals surface area contributed by atoms with Gasteiger partial charge in [-0.25, -0.2) is 4.90 Å². The quantitative estimate of drug-likeness (QED) is 0.517. The fourth-order valence-corrected chi connectivity index (χ4v) is 4.27. The second-order valence-electron chi connectivity index (χ2n) is 7.93. The molecule has 0 spiro atoms. The number of nitrogens with zero attached hydrogens (tertiary/aromatic N) is 3. The Kier molecular flexibility index (Phi) is 4.18. The molecule has 3 heterocycles. The van der Waals surface area contributed by atoms with Crippen molar-refractivity contribution in [1.82, 2.24) is 14.8 Å². The van der Waals surface area contributed by atoms with Crippen LogP contribution in [0.4, 0.5) is 5.69 Å². The number of aryl methyl sites for hydroxylation is 3. The predicted molar refractivity (Wildman–Crippen MR) is 114 cm³/mol. The molecule has 1 aliphatic heterocycles. The van der Waals surface area contributed by atoms with E-state index in [1.54, 1.807) is 31.2 Å². The van der Waals surface area contributed by atoms with Crippen LogP contribution in [-0.2, 0) is 9.59 Å². The minimum atomic E-state index is -0.859. The average Bonchev–Trinajstić information content (AvgIpc) is 3.34. The number of benzene rings is 2. The Morgan fingerprint density at radius 2 is 1.74 bits per heavy atom. The number of para-hydroxylation sites is 2. The highest BCUT2D eigenvalue weighted by atomic mass is 16.4. The number of imide groups is 1. The van der Waals surface area contributed by atoms with Crippen molar-refractivity contribution >= 4 is 28.6 Å². The standard InChI is InChI=1S/C23H20N4O4/c1-12-8-13(2)10-15(9-12)26-19(28)11-16(21(26)29)20-14(3)25-27(22(20)30)23-24-17-6-4-5-7-18(17)31-23/h4-10,16,25H,11H2,1-3H3/t16-/m0/s1. The Morgan fingerprint density at radius 1 is 1.03 bits per heavy atom. The number of carbonyl (C=O) groups is 2. The Morgan fingerprint density at radius 3 is 2.45 bits per heavy atom. The molecule has 31 heavy (non-hydrogen) atoms. The minimum Gasteiger partial charge on any atom is -0.422 e. The van der Waals surface area contributed by atoms with Crippen molar-refractivity contribution in [3.8, 4) is 6.01 Å². The molecular formula is C23H20N4O4. The fourth-order valence-electron chi connectivity index (χ4n) is 4.27. The molecule has 0 bridgehead atoms. The molecule has 0 unspecified atom stereocenters. The van der Waals surface area contributed by atoms with E-state index < -0.39 is 17.4 Å². The molecule has 156 valence electrons. The number of rotatable bonds is 3. The molecular weight excluding hydrogens is 396 g/mol. The normalized spacial score (nSPS) is 16.6. The van der Waals surface area contributed by atoms with Crippen molar-refractivity contribution in [3.63, 3.8) is 0 Å². The zero-order chi connectivity index (χ0) is 21.9. The lowest BCUT2D eigenvalue weighted by Crippen LogP contribution is -2.31. The Hall–Kier alpha value is -3.94. The molecule has 8 heteroatoms. The van der Waals surface area contributed by atoms with Gasteiger partial charge in [-0.2, -0.15) is 9.67 Å². The summed E-state index contributed by atoms with van der Waals surface area (Å²) in [5.41, 5.74) is 3.91. The van der Waals surface area contributed by atoms with Crippen LogP contribution in [0, 0.1) is 20.8 Å². The SMILES string of the molecule is Cc1cc(C)cc(N2C(=O)C[C@@H](c3c(C)[nH]n(-c4nc5ccccc5o4)c3=O)C2=O)c1. The maximum atomic E-state index is 13.2. The number of oxazole rings is 1. The van der Waals surface area contributed by atoms with Gasteiger partial charge in [0.05, 0.1) is 17.2 Å². The van der Waals surface area contributed by atoms with E-state index in [1.807, 2.05) is 32.0 Å². The number of H-pyrrole nitrogens is 1. The molecule has 4 aromatic rings. The van der Waals surface area contributed by atoms with Crippen LogP contribution >= 0.6 is 0 Å². The van der Waals surface area contributed by atoms with Gasteiger partial charge in [-0.15, -0.1) is 0 Å². The molecule has 2 aromatic carbocycles. The average molecular weight is 416 g/mol. The molecule has 1 fully saturated rings. The second-order valence-corrected chi connectivity index (χ2v) is 7.93.